The highest BCUT2D eigenvalue weighted by Gasteiger charge is 2.33. The molecular formula is C23H20ClN3O2S2. The SMILES string of the molecule is Cc1c(S(=O)(=O)N2CCc3ccccc32)cc(-c2nc(-c3ccc(Cl)cc3)cs2)n1C. The van der Waals surface area contributed by atoms with E-state index in [9.17, 15) is 8.42 Å². The van der Waals surface area contributed by atoms with Crippen LogP contribution in [0.2, 0.25) is 5.02 Å². The Morgan fingerprint density at radius 2 is 1.84 bits per heavy atom. The summed E-state index contributed by atoms with van der Waals surface area (Å²) in [6.45, 7) is 2.30. The molecule has 2 aromatic carbocycles. The number of nitrogens with zero attached hydrogens (tertiary/aromatic N) is 3. The second kappa shape index (κ2) is 7.51. The number of rotatable bonds is 4. The Balaban J connectivity index is 1.54. The van der Waals surface area contributed by atoms with Crippen molar-refractivity contribution in [3.8, 4) is 22.0 Å². The van der Waals surface area contributed by atoms with Crippen molar-refractivity contribution in [3.05, 3.63) is 76.3 Å². The molecule has 5 rings (SSSR count). The van der Waals surface area contributed by atoms with Crippen LogP contribution in [0.5, 0.6) is 0 Å². The molecule has 0 aliphatic carbocycles. The molecule has 0 unspecified atom stereocenters. The monoisotopic (exact) mass is 469 g/mol. The summed E-state index contributed by atoms with van der Waals surface area (Å²) < 4.78 is 30.5. The van der Waals surface area contributed by atoms with Gasteiger partial charge in [-0.15, -0.1) is 11.3 Å². The molecule has 0 saturated heterocycles. The standard InChI is InChI=1S/C23H20ClN3O2S2/c1-15-22(31(28,29)27-12-11-17-5-3-4-6-20(17)27)13-21(26(15)2)23-25-19(14-30-23)16-7-9-18(24)10-8-16/h3-10,13-14H,11-12H2,1-2H3. The third-order valence-corrected chi connectivity index (χ3v) is 8.81. The highest BCUT2D eigenvalue weighted by molar-refractivity contribution is 7.93. The van der Waals surface area contributed by atoms with Gasteiger partial charge < -0.3 is 4.57 Å². The summed E-state index contributed by atoms with van der Waals surface area (Å²) in [5.74, 6) is 0. The van der Waals surface area contributed by atoms with Gasteiger partial charge in [0, 0.05) is 35.3 Å². The van der Waals surface area contributed by atoms with Crippen molar-refractivity contribution in [1.29, 1.82) is 0 Å². The first-order chi connectivity index (χ1) is 14.9. The smallest absolute Gasteiger partial charge is 0.266 e. The van der Waals surface area contributed by atoms with E-state index in [2.05, 4.69) is 0 Å². The molecule has 0 saturated carbocycles. The summed E-state index contributed by atoms with van der Waals surface area (Å²) in [4.78, 5) is 5.08. The maximum atomic E-state index is 13.6. The average Bonchev–Trinajstić information content (AvgIpc) is 3.47. The second-order valence-electron chi connectivity index (χ2n) is 7.54. The van der Waals surface area contributed by atoms with Gasteiger partial charge in [0.05, 0.1) is 17.1 Å². The summed E-state index contributed by atoms with van der Waals surface area (Å²) in [5.41, 5.74) is 5.13. The van der Waals surface area contributed by atoms with Gasteiger partial charge in [-0.1, -0.05) is 41.9 Å². The lowest BCUT2D eigenvalue weighted by Gasteiger charge is -2.19. The molecule has 1 aliphatic rings. The fourth-order valence-electron chi connectivity index (χ4n) is 3.96. The van der Waals surface area contributed by atoms with Crippen molar-refractivity contribution in [2.75, 3.05) is 10.8 Å². The number of hydrogen-bond acceptors (Lipinski definition) is 4. The molecule has 3 heterocycles. The van der Waals surface area contributed by atoms with Crippen molar-refractivity contribution in [1.82, 2.24) is 9.55 Å². The van der Waals surface area contributed by atoms with Crippen LogP contribution in [0.4, 0.5) is 5.69 Å². The minimum Gasteiger partial charge on any atom is -0.345 e. The van der Waals surface area contributed by atoms with Crippen LogP contribution >= 0.6 is 22.9 Å². The van der Waals surface area contributed by atoms with Crippen LogP contribution in [0, 0.1) is 6.92 Å². The van der Waals surface area contributed by atoms with Gasteiger partial charge in [0.1, 0.15) is 9.90 Å². The molecule has 0 fully saturated rings. The van der Waals surface area contributed by atoms with Crippen molar-refractivity contribution < 1.29 is 8.42 Å². The van der Waals surface area contributed by atoms with E-state index in [4.69, 9.17) is 16.6 Å². The zero-order valence-electron chi connectivity index (χ0n) is 17.0. The number of sulfonamides is 1. The summed E-state index contributed by atoms with van der Waals surface area (Å²) in [7, 11) is -1.79. The van der Waals surface area contributed by atoms with Crippen LogP contribution in [-0.4, -0.2) is 24.5 Å². The average molecular weight is 470 g/mol. The number of halogens is 1. The first kappa shape index (κ1) is 20.3. The summed E-state index contributed by atoms with van der Waals surface area (Å²) >= 11 is 7.48. The van der Waals surface area contributed by atoms with Gasteiger partial charge in [0.2, 0.25) is 0 Å². The minimum absolute atomic E-state index is 0.324. The van der Waals surface area contributed by atoms with Gasteiger partial charge in [0.15, 0.2) is 0 Å². The molecule has 0 N–H and O–H groups in total. The maximum absolute atomic E-state index is 13.6. The highest BCUT2D eigenvalue weighted by Crippen LogP contribution is 2.37. The maximum Gasteiger partial charge on any atom is 0.266 e. The Morgan fingerprint density at radius 3 is 2.61 bits per heavy atom. The van der Waals surface area contributed by atoms with E-state index in [0.29, 0.717) is 22.2 Å². The predicted molar refractivity (Wildman–Crippen MR) is 126 cm³/mol. The lowest BCUT2D eigenvalue weighted by molar-refractivity contribution is 0.591. The van der Waals surface area contributed by atoms with E-state index in [-0.39, 0.29) is 0 Å². The fraction of sp³-hybridized carbons (Fsp3) is 0.174. The van der Waals surface area contributed by atoms with Crippen LogP contribution in [0.3, 0.4) is 0 Å². The van der Waals surface area contributed by atoms with Crippen LogP contribution in [0.25, 0.3) is 22.0 Å². The Bertz CT molecular complexity index is 1390. The lowest BCUT2D eigenvalue weighted by Crippen LogP contribution is -2.29. The molecule has 0 bridgehead atoms. The van der Waals surface area contributed by atoms with Crippen molar-refractivity contribution in [3.63, 3.8) is 0 Å². The van der Waals surface area contributed by atoms with Gasteiger partial charge in [-0.05, 0) is 43.2 Å². The Hall–Kier alpha value is -2.61. The first-order valence-electron chi connectivity index (χ1n) is 9.85. The third-order valence-electron chi connectivity index (χ3n) is 5.76. The van der Waals surface area contributed by atoms with E-state index < -0.39 is 10.0 Å². The molecule has 0 atom stereocenters. The van der Waals surface area contributed by atoms with E-state index in [1.165, 1.54) is 15.6 Å². The number of fused-ring (bicyclic) bond motifs is 1. The zero-order chi connectivity index (χ0) is 21.8. The predicted octanol–water partition coefficient (Wildman–Crippen LogP) is 5.53. The number of benzene rings is 2. The van der Waals surface area contributed by atoms with Crippen LogP contribution < -0.4 is 4.31 Å². The number of hydrogen-bond donors (Lipinski definition) is 0. The third kappa shape index (κ3) is 3.37. The van der Waals surface area contributed by atoms with Gasteiger partial charge >= 0.3 is 0 Å². The second-order valence-corrected chi connectivity index (χ2v) is 10.7. The van der Waals surface area contributed by atoms with Crippen LogP contribution in [0.1, 0.15) is 11.3 Å². The lowest BCUT2D eigenvalue weighted by atomic mass is 10.2. The van der Waals surface area contributed by atoms with Gasteiger partial charge in [-0.2, -0.15) is 0 Å². The van der Waals surface area contributed by atoms with E-state index >= 15 is 0 Å². The fourth-order valence-corrected chi connectivity index (χ4v) is 6.74. The number of aromatic nitrogens is 2. The molecular weight excluding hydrogens is 450 g/mol. The van der Waals surface area contributed by atoms with Gasteiger partial charge in [-0.3, -0.25) is 4.31 Å². The molecule has 158 valence electrons. The molecule has 0 spiro atoms. The zero-order valence-corrected chi connectivity index (χ0v) is 19.4. The first-order valence-corrected chi connectivity index (χ1v) is 12.5. The van der Waals surface area contributed by atoms with Crippen LogP contribution in [-0.2, 0) is 23.5 Å². The topological polar surface area (TPSA) is 55.2 Å². The van der Waals surface area contributed by atoms with Crippen molar-refractivity contribution in [2.24, 2.45) is 7.05 Å². The molecule has 0 amide bonds. The van der Waals surface area contributed by atoms with E-state index in [1.807, 2.05) is 72.4 Å². The highest BCUT2D eigenvalue weighted by atomic mass is 35.5. The van der Waals surface area contributed by atoms with E-state index in [0.717, 1.165) is 39.6 Å². The minimum atomic E-state index is -3.67. The van der Waals surface area contributed by atoms with Crippen molar-refractivity contribution in [2.45, 2.75) is 18.2 Å². The normalized spacial score (nSPS) is 13.6. The molecule has 5 nitrogen and oxygen atoms in total. The number of anilines is 1. The Morgan fingerprint density at radius 1 is 1.10 bits per heavy atom. The van der Waals surface area contributed by atoms with Crippen LogP contribution in [0.15, 0.2) is 64.9 Å². The number of para-hydroxylation sites is 1. The van der Waals surface area contributed by atoms with E-state index in [1.54, 1.807) is 6.07 Å². The number of thiazole rings is 1. The Labute approximate surface area is 190 Å². The molecule has 31 heavy (non-hydrogen) atoms. The summed E-state index contributed by atoms with van der Waals surface area (Å²) in [6.07, 6.45) is 0.727. The molecule has 4 aromatic rings. The van der Waals surface area contributed by atoms with Gasteiger partial charge in [0.25, 0.3) is 10.0 Å². The summed E-state index contributed by atoms with van der Waals surface area (Å²) in [5, 5.41) is 3.43. The van der Waals surface area contributed by atoms with Crippen molar-refractivity contribution >= 4 is 38.6 Å². The quantitative estimate of drug-likeness (QED) is 0.395. The van der Waals surface area contributed by atoms with Gasteiger partial charge in [-0.25, -0.2) is 13.4 Å². The Kier molecular flexibility index (Phi) is 4.92. The summed E-state index contributed by atoms with van der Waals surface area (Å²) in [6, 6.07) is 17.0. The molecule has 1 aliphatic heterocycles. The molecule has 2 aromatic heterocycles. The largest absolute Gasteiger partial charge is 0.345 e. The molecule has 8 heteroatoms. The molecule has 0 radical (unpaired) electrons.